The molecule has 2 saturated heterocycles. The fourth-order valence-electron chi connectivity index (χ4n) is 6.10. The molecular formula is C29H34F2N8. The number of likely N-dealkylation sites (tertiary alicyclic amines) is 2. The summed E-state index contributed by atoms with van der Waals surface area (Å²) in [6.45, 7) is 11.3. The molecule has 2 aliphatic heterocycles. The van der Waals surface area contributed by atoms with Crippen molar-refractivity contribution in [2.24, 2.45) is 5.41 Å². The Hall–Kier alpha value is -3.50. The maximum atomic E-state index is 15.0. The SMILES string of the molecule is Cc1nc2c(F)cc(-c3cc(Nc4ncc(CN5CC6(CCN(C)CC6)C5)cn4)ncc3F)cc2n1C(C)C. The first-order valence-electron chi connectivity index (χ1n) is 13.5. The predicted octanol–water partition coefficient (Wildman–Crippen LogP) is 5.33. The minimum atomic E-state index is -0.542. The third kappa shape index (κ3) is 4.98. The van der Waals surface area contributed by atoms with E-state index in [9.17, 15) is 8.78 Å². The van der Waals surface area contributed by atoms with Crippen molar-refractivity contribution in [1.82, 2.24) is 34.3 Å². The number of imidazole rings is 1. The molecule has 3 aromatic heterocycles. The molecule has 2 fully saturated rings. The Morgan fingerprint density at radius 2 is 1.69 bits per heavy atom. The average molecular weight is 533 g/mol. The van der Waals surface area contributed by atoms with Gasteiger partial charge in [-0.2, -0.15) is 0 Å². The molecule has 1 N–H and O–H groups in total. The van der Waals surface area contributed by atoms with E-state index in [1.54, 1.807) is 12.1 Å². The zero-order chi connectivity index (χ0) is 27.3. The predicted molar refractivity (Wildman–Crippen MR) is 148 cm³/mol. The number of pyridine rings is 1. The van der Waals surface area contributed by atoms with Gasteiger partial charge in [0.15, 0.2) is 5.82 Å². The summed E-state index contributed by atoms with van der Waals surface area (Å²) in [7, 11) is 2.20. The molecule has 0 aliphatic carbocycles. The highest BCUT2D eigenvalue weighted by atomic mass is 19.1. The molecule has 1 aromatic carbocycles. The molecular weight excluding hydrogens is 498 g/mol. The van der Waals surface area contributed by atoms with Gasteiger partial charge in [-0.05, 0) is 82.9 Å². The van der Waals surface area contributed by atoms with Crippen LogP contribution >= 0.6 is 0 Å². The van der Waals surface area contributed by atoms with Gasteiger partial charge in [0.2, 0.25) is 5.95 Å². The Balaban J connectivity index is 1.16. The van der Waals surface area contributed by atoms with Crippen LogP contribution in [0, 0.1) is 24.0 Å². The monoisotopic (exact) mass is 532 g/mol. The summed E-state index contributed by atoms with van der Waals surface area (Å²) in [6.07, 6.45) is 7.30. The second-order valence-electron chi connectivity index (χ2n) is 11.5. The number of halogens is 2. The van der Waals surface area contributed by atoms with Gasteiger partial charge in [-0.1, -0.05) is 0 Å². The first kappa shape index (κ1) is 25.8. The highest BCUT2D eigenvalue weighted by Crippen LogP contribution is 2.40. The maximum Gasteiger partial charge on any atom is 0.228 e. The van der Waals surface area contributed by atoms with Crippen LogP contribution in [-0.4, -0.2) is 67.5 Å². The lowest BCUT2D eigenvalue weighted by molar-refractivity contribution is -0.0471. The van der Waals surface area contributed by atoms with E-state index in [1.807, 2.05) is 37.7 Å². The molecule has 39 heavy (non-hydrogen) atoms. The molecule has 0 radical (unpaired) electrons. The van der Waals surface area contributed by atoms with E-state index in [0.29, 0.717) is 34.1 Å². The highest BCUT2D eigenvalue weighted by molar-refractivity contribution is 5.84. The minimum Gasteiger partial charge on any atom is -0.326 e. The zero-order valence-corrected chi connectivity index (χ0v) is 22.9. The Kier molecular flexibility index (Phi) is 6.55. The number of hydrogen-bond acceptors (Lipinski definition) is 7. The van der Waals surface area contributed by atoms with E-state index < -0.39 is 11.6 Å². The smallest absolute Gasteiger partial charge is 0.228 e. The van der Waals surface area contributed by atoms with Crippen molar-refractivity contribution in [2.45, 2.75) is 46.2 Å². The summed E-state index contributed by atoms with van der Waals surface area (Å²) in [5.74, 6) is 0.428. The highest BCUT2D eigenvalue weighted by Gasteiger charge is 2.43. The summed E-state index contributed by atoms with van der Waals surface area (Å²) in [4.78, 5) is 22.3. The molecule has 0 unspecified atom stereocenters. The number of piperidine rings is 1. The number of benzene rings is 1. The molecule has 10 heteroatoms. The maximum absolute atomic E-state index is 15.0. The molecule has 2 aliphatic rings. The molecule has 0 saturated carbocycles. The van der Waals surface area contributed by atoms with Gasteiger partial charge in [0.25, 0.3) is 0 Å². The Labute approximate surface area is 227 Å². The third-order valence-electron chi connectivity index (χ3n) is 8.12. The normalized spacial score (nSPS) is 17.7. The summed E-state index contributed by atoms with van der Waals surface area (Å²) < 4.78 is 31.8. The van der Waals surface area contributed by atoms with Gasteiger partial charge in [0.05, 0.1) is 11.7 Å². The molecule has 0 atom stereocenters. The topological polar surface area (TPSA) is 75.0 Å². The van der Waals surface area contributed by atoms with E-state index in [1.165, 1.54) is 32.0 Å². The minimum absolute atomic E-state index is 0.0840. The van der Waals surface area contributed by atoms with Crippen LogP contribution in [0.3, 0.4) is 0 Å². The number of nitrogens with one attached hydrogen (secondary N) is 1. The van der Waals surface area contributed by atoms with Crippen LogP contribution < -0.4 is 5.32 Å². The first-order valence-corrected chi connectivity index (χ1v) is 13.5. The van der Waals surface area contributed by atoms with Crippen LogP contribution in [-0.2, 0) is 6.54 Å². The summed E-state index contributed by atoms with van der Waals surface area (Å²) in [5.41, 5.74) is 3.10. The fraction of sp³-hybridized carbons (Fsp3) is 0.448. The quantitative estimate of drug-likeness (QED) is 0.360. The Bertz CT molecular complexity index is 1500. The fourth-order valence-corrected chi connectivity index (χ4v) is 6.10. The van der Waals surface area contributed by atoms with Crippen LogP contribution in [0.4, 0.5) is 20.5 Å². The van der Waals surface area contributed by atoms with E-state index in [0.717, 1.165) is 31.4 Å². The van der Waals surface area contributed by atoms with Gasteiger partial charge in [0, 0.05) is 49.2 Å². The molecule has 4 aromatic rings. The van der Waals surface area contributed by atoms with Crippen LogP contribution in [0.25, 0.3) is 22.2 Å². The number of aryl methyl sites for hydroxylation is 1. The van der Waals surface area contributed by atoms with Gasteiger partial charge in [-0.3, -0.25) is 4.90 Å². The summed E-state index contributed by atoms with van der Waals surface area (Å²) >= 11 is 0. The standard InChI is InChI=1S/C29H34F2N8/c1-18(2)39-19(3)35-27-23(30)9-21(10-25(27)39)22-11-26(32-14-24(22)31)36-28-33-12-20(13-34-28)15-38-16-29(17-38)5-7-37(4)8-6-29/h9-14,18H,5-8,15-17H2,1-4H3,(H,32,33,34,36). The van der Waals surface area contributed by atoms with Gasteiger partial charge in [-0.15, -0.1) is 0 Å². The van der Waals surface area contributed by atoms with E-state index in [-0.39, 0.29) is 17.1 Å². The van der Waals surface area contributed by atoms with Crippen molar-refractivity contribution in [2.75, 3.05) is 38.5 Å². The van der Waals surface area contributed by atoms with Gasteiger partial charge < -0.3 is 14.8 Å². The second kappa shape index (κ2) is 9.91. The Morgan fingerprint density at radius 3 is 2.38 bits per heavy atom. The van der Waals surface area contributed by atoms with Crippen molar-refractivity contribution in [3.8, 4) is 11.1 Å². The Morgan fingerprint density at radius 1 is 0.974 bits per heavy atom. The number of fused-ring (bicyclic) bond motifs is 1. The number of nitrogens with zero attached hydrogens (tertiary/aromatic N) is 7. The number of rotatable bonds is 6. The number of anilines is 2. The van der Waals surface area contributed by atoms with Crippen molar-refractivity contribution in [3.05, 3.63) is 59.8 Å². The summed E-state index contributed by atoms with van der Waals surface area (Å²) in [5, 5.41) is 3.06. The lowest BCUT2D eigenvalue weighted by Gasteiger charge is -2.53. The third-order valence-corrected chi connectivity index (χ3v) is 8.12. The average Bonchev–Trinajstić information content (AvgIpc) is 3.23. The molecule has 8 nitrogen and oxygen atoms in total. The lowest BCUT2D eigenvalue weighted by Crippen LogP contribution is -2.59. The molecule has 1 spiro atoms. The van der Waals surface area contributed by atoms with Crippen molar-refractivity contribution in [3.63, 3.8) is 0 Å². The molecule has 5 heterocycles. The van der Waals surface area contributed by atoms with Crippen molar-refractivity contribution in [1.29, 1.82) is 0 Å². The number of hydrogen-bond donors (Lipinski definition) is 1. The first-order chi connectivity index (χ1) is 18.7. The van der Waals surface area contributed by atoms with Crippen LogP contribution in [0.2, 0.25) is 0 Å². The van der Waals surface area contributed by atoms with Gasteiger partial charge in [0.1, 0.15) is 23.0 Å². The van der Waals surface area contributed by atoms with E-state index in [4.69, 9.17) is 0 Å². The lowest BCUT2D eigenvalue weighted by atomic mass is 9.72. The van der Waals surface area contributed by atoms with Crippen molar-refractivity contribution < 1.29 is 8.78 Å². The molecule has 0 bridgehead atoms. The zero-order valence-electron chi connectivity index (χ0n) is 22.9. The van der Waals surface area contributed by atoms with Gasteiger partial charge in [-0.25, -0.2) is 28.7 Å². The van der Waals surface area contributed by atoms with Crippen LogP contribution in [0.1, 0.15) is 44.1 Å². The van der Waals surface area contributed by atoms with E-state index >= 15 is 0 Å². The summed E-state index contributed by atoms with van der Waals surface area (Å²) in [6, 6.07) is 4.73. The molecule has 204 valence electrons. The van der Waals surface area contributed by atoms with Crippen molar-refractivity contribution >= 4 is 22.8 Å². The largest absolute Gasteiger partial charge is 0.326 e. The van der Waals surface area contributed by atoms with Crippen LogP contribution in [0.15, 0.2) is 36.8 Å². The second-order valence-corrected chi connectivity index (χ2v) is 11.5. The van der Waals surface area contributed by atoms with Gasteiger partial charge >= 0.3 is 0 Å². The molecule has 6 rings (SSSR count). The molecule has 0 amide bonds. The number of aromatic nitrogens is 5. The van der Waals surface area contributed by atoms with E-state index in [2.05, 4.69) is 42.1 Å². The van der Waals surface area contributed by atoms with Crippen LogP contribution in [0.5, 0.6) is 0 Å².